The molecule has 0 radical (unpaired) electrons. The van der Waals surface area contributed by atoms with Crippen LogP contribution < -0.4 is 4.72 Å². The first-order chi connectivity index (χ1) is 13.2. The Balaban J connectivity index is 1.83. The molecule has 0 aliphatic heterocycles. The molecule has 148 valence electrons. The zero-order chi connectivity index (χ0) is 20.7. The number of nitrogens with one attached hydrogen (secondary N) is 1. The fraction of sp³-hybridized carbons (Fsp3) is 0.158. The maximum absolute atomic E-state index is 13.1. The van der Waals surface area contributed by atoms with Crippen molar-refractivity contribution in [3.8, 4) is 0 Å². The van der Waals surface area contributed by atoms with Gasteiger partial charge in [0.25, 0.3) is 0 Å². The molecule has 0 atom stereocenters. The number of hydrogen-bond donors (Lipinski definition) is 1. The second-order valence-electron chi connectivity index (χ2n) is 5.79. The molecule has 28 heavy (non-hydrogen) atoms. The molecule has 0 heterocycles. The van der Waals surface area contributed by atoms with Gasteiger partial charge in [0.2, 0.25) is 10.0 Å². The number of sulfonamides is 1. The highest BCUT2D eigenvalue weighted by Crippen LogP contribution is 2.09. The van der Waals surface area contributed by atoms with E-state index in [9.17, 15) is 26.8 Å². The molecule has 9 heteroatoms. The number of ketones is 1. The lowest BCUT2D eigenvalue weighted by Crippen LogP contribution is -2.30. The van der Waals surface area contributed by atoms with Gasteiger partial charge in [0.05, 0.1) is 0 Å². The Morgan fingerprint density at radius 2 is 1.75 bits per heavy atom. The number of carbonyl (C=O) groups is 2. The maximum atomic E-state index is 13.1. The van der Waals surface area contributed by atoms with E-state index in [0.717, 1.165) is 23.1 Å². The minimum absolute atomic E-state index is 0.173. The Morgan fingerprint density at radius 3 is 2.39 bits per heavy atom. The molecule has 0 aliphatic rings. The van der Waals surface area contributed by atoms with Crippen LogP contribution in [-0.4, -0.2) is 33.3 Å². The van der Waals surface area contributed by atoms with Gasteiger partial charge in [0.1, 0.15) is 6.54 Å². The summed E-state index contributed by atoms with van der Waals surface area (Å²) < 4.78 is 56.3. The average molecular weight is 409 g/mol. The van der Waals surface area contributed by atoms with Crippen LogP contribution in [0.4, 0.5) is 8.78 Å². The smallest absolute Gasteiger partial charge is 0.321 e. The topological polar surface area (TPSA) is 89.5 Å². The molecule has 0 saturated heterocycles. The first-order valence-electron chi connectivity index (χ1n) is 8.04. The van der Waals surface area contributed by atoms with Crippen LogP contribution in [0.5, 0.6) is 0 Å². The molecule has 2 aromatic rings. The standard InChI is InChI=1S/C19H17F2NO5S/c1-13-2-4-14(5-3-13)8-9-28(25,26)22-11-19(24)27-12-18(23)15-6-7-16(20)17(21)10-15/h2-10,22H,11-12H2,1H3/b9-8+. The lowest BCUT2D eigenvalue weighted by atomic mass is 10.1. The van der Waals surface area contributed by atoms with E-state index in [1.807, 2.05) is 23.8 Å². The van der Waals surface area contributed by atoms with E-state index in [1.54, 1.807) is 12.1 Å². The van der Waals surface area contributed by atoms with Crippen LogP contribution in [0.15, 0.2) is 47.9 Å². The van der Waals surface area contributed by atoms with Crippen LogP contribution in [0.2, 0.25) is 0 Å². The molecular formula is C19H17F2NO5S. The van der Waals surface area contributed by atoms with Crippen molar-refractivity contribution in [2.45, 2.75) is 6.92 Å². The lowest BCUT2D eigenvalue weighted by molar-refractivity contribution is -0.141. The summed E-state index contributed by atoms with van der Waals surface area (Å²) in [6.07, 6.45) is 1.36. The zero-order valence-electron chi connectivity index (χ0n) is 14.8. The summed E-state index contributed by atoms with van der Waals surface area (Å²) in [4.78, 5) is 23.4. The van der Waals surface area contributed by atoms with Crippen LogP contribution in [0, 0.1) is 18.6 Å². The van der Waals surface area contributed by atoms with Gasteiger partial charge >= 0.3 is 5.97 Å². The van der Waals surface area contributed by atoms with Gasteiger partial charge in [-0.1, -0.05) is 29.8 Å². The molecule has 6 nitrogen and oxygen atoms in total. The molecule has 0 saturated carbocycles. The van der Waals surface area contributed by atoms with E-state index < -0.39 is 46.6 Å². The second kappa shape index (κ2) is 9.34. The fourth-order valence-electron chi connectivity index (χ4n) is 2.00. The number of hydrogen-bond acceptors (Lipinski definition) is 5. The zero-order valence-corrected chi connectivity index (χ0v) is 15.6. The number of rotatable bonds is 8. The quantitative estimate of drug-likeness (QED) is 0.535. The summed E-state index contributed by atoms with van der Waals surface area (Å²) >= 11 is 0. The highest BCUT2D eigenvalue weighted by molar-refractivity contribution is 7.92. The molecule has 0 aromatic heterocycles. The van der Waals surface area contributed by atoms with Crippen molar-refractivity contribution in [3.63, 3.8) is 0 Å². The van der Waals surface area contributed by atoms with E-state index in [0.29, 0.717) is 11.6 Å². The highest BCUT2D eigenvalue weighted by atomic mass is 32.2. The molecule has 0 amide bonds. The minimum Gasteiger partial charge on any atom is -0.456 e. The predicted molar refractivity (Wildman–Crippen MR) is 98.8 cm³/mol. The summed E-state index contributed by atoms with van der Waals surface area (Å²) in [7, 11) is -3.89. The summed E-state index contributed by atoms with van der Waals surface area (Å²) in [5.41, 5.74) is 1.52. The molecule has 2 aromatic carbocycles. The molecule has 0 bridgehead atoms. The van der Waals surface area contributed by atoms with Gasteiger partial charge < -0.3 is 4.74 Å². The number of benzene rings is 2. The van der Waals surface area contributed by atoms with Crippen LogP contribution in [0.1, 0.15) is 21.5 Å². The van der Waals surface area contributed by atoms with Crippen molar-refractivity contribution in [1.82, 2.24) is 4.72 Å². The van der Waals surface area contributed by atoms with Gasteiger partial charge in [-0.25, -0.2) is 21.9 Å². The van der Waals surface area contributed by atoms with Gasteiger partial charge in [-0.15, -0.1) is 0 Å². The van der Waals surface area contributed by atoms with Crippen molar-refractivity contribution in [1.29, 1.82) is 0 Å². The Bertz CT molecular complexity index is 1000. The van der Waals surface area contributed by atoms with Crippen LogP contribution >= 0.6 is 0 Å². The van der Waals surface area contributed by atoms with Crippen LogP contribution in [0.25, 0.3) is 6.08 Å². The largest absolute Gasteiger partial charge is 0.456 e. The third kappa shape index (κ3) is 6.67. The monoisotopic (exact) mass is 409 g/mol. The Morgan fingerprint density at radius 1 is 1.07 bits per heavy atom. The molecule has 0 fully saturated rings. The third-order valence-corrected chi connectivity index (χ3v) is 4.58. The van der Waals surface area contributed by atoms with Gasteiger partial charge in [-0.05, 0) is 36.8 Å². The second-order valence-corrected chi connectivity index (χ2v) is 7.44. The van der Waals surface area contributed by atoms with Crippen LogP contribution in [0.3, 0.4) is 0 Å². The van der Waals surface area contributed by atoms with Gasteiger partial charge in [0, 0.05) is 11.0 Å². The maximum Gasteiger partial charge on any atom is 0.321 e. The first kappa shape index (κ1) is 21.4. The molecule has 0 spiro atoms. The average Bonchev–Trinajstić information content (AvgIpc) is 2.66. The summed E-state index contributed by atoms with van der Waals surface area (Å²) in [6, 6.07) is 9.62. The molecule has 2 rings (SSSR count). The molecule has 0 unspecified atom stereocenters. The Labute approximate surface area is 160 Å². The van der Waals surface area contributed by atoms with Crippen LogP contribution in [-0.2, 0) is 19.6 Å². The Kier molecular flexibility index (Phi) is 7.13. The van der Waals surface area contributed by atoms with Crippen molar-refractivity contribution < 1.29 is 31.5 Å². The van der Waals surface area contributed by atoms with Crippen molar-refractivity contribution in [2.75, 3.05) is 13.2 Å². The molecule has 1 N–H and O–H groups in total. The number of carbonyl (C=O) groups excluding carboxylic acids is 2. The highest BCUT2D eigenvalue weighted by Gasteiger charge is 2.14. The summed E-state index contributed by atoms with van der Waals surface area (Å²) in [5.74, 6) is -4.07. The number of ether oxygens (including phenoxy) is 1. The lowest BCUT2D eigenvalue weighted by Gasteiger charge is -2.05. The van der Waals surface area contributed by atoms with E-state index in [2.05, 4.69) is 4.74 Å². The number of esters is 1. The van der Waals surface area contributed by atoms with E-state index in [4.69, 9.17) is 0 Å². The van der Waals surface area contributed by atoms with Crippen molar-refractivity contribution in [2.24, 2.45) is 0 Å². The third-order valence-electron chi connectivity index (χ3n) is 3.54. The predicted octanol–water partition coefficient (Wildman–Crippen LogP) is 2.59. The van der Waals surface area contributed by atoms with E-state index >= 15 is 0 Å². The Hall–Kier alpha value is -2.91. The van der Waals surface area contributed by atoms with E-state index in [1.165, 1.54) is 6.08 Å². The first-order valence-corrected chi connectivity index (χ1v) is 9.59. The van der Waals surface area contributed by atoms with Crippen molar-refractivity contribution >= 4 is 27.9 Å². The minimum atomic E-state index is -3.89. The fourth-order valence-corrected chi connectivity index (χ4v) is 2.75. The van der Waals surface area contributed by atoms with Crippen molar-refractivity contribution in [3.05, 3.63) is 76.2 Å². The number of halogens is 2. The summed E-state index contributed by atoms with van der Waals surface area (Å²) in [6.45, 7) is 0.477. The molecular weight excluding hydrogens is 392 g/mol. The number of aryl methyl sites for hydroxylation is 1. The van der Waals surface area contributed by atoms with Gasteiger partial charge in [-0.3, -0.25) is 9.59 Å². The summed E-state index contributed by atoms with van der Waals surface area (Å²) in [5, 5.41) is 0.900. The number of Topliss-reactive ketones (excluding diaryl/α,β-unsaturated/α-hetero) is 1. The van der Waals surface area contributed by atoms with Gasteiger partial charge in [-0.2, -0.15) is 0 Å². The normalized spacial score (nSPS) is 11.5. The molecule has 0 aliphatic carbocycles. The van der Waals surface area contributed by atoms with Gasteiger partial charge in [0.15, 0.2) is 24.0 Å². The van der Waals surface area contributed by atoms with E-state index in [-0.39, 0.29) is 5.56 Å². The SMILES string of the molecule is Cc1ccc(/C=C/S(=O)(=O)NCC(=O)OCC(=O)c2ccc(F)c(F)c2)cc1.